The second-order valence-electron chi connectivity index (χ2n) is 4.29. The Morgan fingerprint density at radius 2 is 2.15 bits per heavy atom. The lowest BCUT2D eigenvalue weighted by atomic mass is 10.2. The highest BCUT2D eigenvalue weighted by Crippen LogP contribution is 2.43. The first-order valence-electron chi connectivity index (χ1n) is 5.78. The molecule has 0 saturated carbocycles. The molecule has 0 bridgehead atoms. The third-order valence-corrected chi connectivity index (χ3v) is 4.39. The molecule has 1 atom stereocenters. The zero-order chi connectivity index (χ0) is 14.9. The third-order valence-electron chi connectivity index (χ3n) is 2.60. The average molecular weight is 358 g/mol. The van der Waals surface area contributed by atoms with Gasteiger partial charge in [-0.3, -0.25) is 10.1 Å². The molecule has 0 aliphatic heterocycles. The molecule has 5 nitrogen and oxygen atoms in total. The van der Waals surface area contributed by atoms with Crippen molar-refractivity contribution in [2.24, 2.45) is 0 Å². The summed E-state index contributed by atoms with van der Waals surface area (Å²) in [5, 5.41) is 20.7. The maximum Gasteiger partial charge on any atom is 0.323 e. The number of ether oxygens (including phenoxy) is 1. The van der Waals surface area contributed by atoms with Gasteiger partial charge in [-0.05, 0) is 47.5 Å². The van der Waals surface area contributed by atoms with Gasteiger partial charge in [0.2, 0.25) is 0 Å². The number of halogens is 1. The van der Waals surface area contributed by atoms with Gasteiger partial charge in [0.15, 0.2) is 0 Å². The van der Waals surface area contributed by atoms with Crippen molar-refractivity contribution >= 4 is 33.0 Å². The molecular weight excluding hydrogens is 346 g/mol. The van der Waals surface area contributed by atoms with Crippen molar-refractivity contribution in [3.63, 3.8) is 0 Å². The summed E-state index contributed by atoms with van der Waals surface area (Å²) in [6.07, 6.45) is -0.766. The molecule has 1 N–H and O–H groups in total. The van der Waals surface area contributed by atoms with Crippen LogP contribution in [0.2, 0.25) is 0 Å². The van der Waals surface area contributed by atoms with E-state index in [9.17, 15) is 15.2 Å². The molecule has 20 heavy (non-hydrogen) atoms. The van der Waals surface area contributed by atoms with Crippen molar-refractivity contribution in [1.82, 2.24) is 0 Å². The molecule has 1 aromatic heterocycles. The SMILES string of the molecule is Cc1ccc(Oc2sc([C@@H](C)O)cc2[N+](=O)[O-])c(Br)c1. The zero-order valence-electron chi connectivity index (χ0n) is 10.8. The van der Waals surface area contributed by atoms with Crippen molar-refractivity contribution in [3.05, 3.63) is 49.3 Å². The molecule has 106 valence electrons. The van der Waals surface area contributed by atoms with E-state index in [1.807, 2.05) is 19.1 Å². The first kappa shape index (κ1) is 15.0. The number of aryl methyl sites for hydroxylation is 1. The van der Waals surface area contributed by atoms with Crippen LogP contribution in [0, 0.1) is 17.0 Å². The molecule has 0 aliphatic carbocycles. The summed E-state index contributed by atoms with van der Waals surface area (Å²) >= 11 is 4.43. The van der Waals surface area contributed by atoms with Crippen molar-refractivity contribution in [2.75, 3.05) is 0 Å². The number of hydrogen-bond donors (Lipinski definition) is 1. The highest BCUT2D eigenvalue weighted by Gasteiger charge is 2.23. The van der Waals surface area contributed by atoms with E-state index in [2.05, 4.69) is 15.9 Å². The van der Waals surface area contributed by atoms with Gasteiger partial charge in [-0.25, -0.2) is 0 Å². The fraction of sp³-hybridized carbons (Fsp3) is 0.231. The van der Waals surface area contributed by atoms with Crippen LogP contribution in [0.1, 0.15) is 23.5 Å². The van der Waals surface area contributed by atoms with Gasteiger partial charge < -0.3 is 9.84 Å². The van der Waals surface area contributed by atoms with Gasteiger partial charge in [-0.15, -0.1) is 0 Å². The second-order valence-corrected chi connectivity index (χ2v) is 6.19. The van der Waals surface area contributed by atoms with Crippen molar-refractivity contribution in [2.45, 2.75) is 20.0 Å². The summed E-state index contributed by atoms with van der Waals surface area (Å²) < 4.78 is 6.33. The van der Waals surface area contributed by atoms with Crippen LogP contribution in [0.15, 0.2) is 28.7 Å². The van der Waals surface area contributed by atoms with Crippen LogP contribution in [0.5, 0.6) is 10.8 Å². The van der Waals surface area contributed by atoms with Gasteiger partial charge in [0.25, 0.3) is 5.06 Å². The summed E-state index contributed by atoms with van der Waals surface area (Å²) in [4.78, 5) is 11.0. The summed E-state index contributed by atoms with van der Waals surface area (Å²) in [5.41, 5.74) is 0.910. The number of hydrogen-bond acceptors (Lipinski definition) is 5. The standard InChI is InChI=1S/C13H12BrNO4S/c1-7-3-4-11(9(14)5-7)19-13-10(15(17)18)6-12(20-13)8(2)16/h3-6,8,16H,1-2H3/t8-/m1/s1. The summed E-state index contributed by atoms with van der Waals surface area (Å²) in [5.74, 6) is 0.498. The first-order valence-corrected chi connectivity index (χ1v) is 7.39. The van der Waals surface area contributed by atoms with E-state index in [1.54, 1.807) is 13.0 Å². The predicted molar refractivity (Wildman–Crippen MR) is 80.6 cm³/mol. The van der Waals surface area contributed by atoms with Crippen LogP contribution in [0.4, 0.5) is 5.69 Å². The molecule has 0 aliphatic rings. The Labute approximate surface area is 128 Å². The maximum absolute atomic E-state index is 11.0. The summed E-state index contributed by atoms with van der Waals surface area (Å²) in [6, 6.07) is 6.80. The zero-order valence-corrected chi connectivity index (χ0v) is 13.2. The second kappa shape index (κ2) is 5.90. The van der Waals surface area contributed by atoms with Crippen LogP contribution in [0.25, 0.3) is 0 Å². The molecule has 0 unspecified atom stereocenters. The molecule has 0 radical (unpaired) electrons. The van der Waals surface area contributed by atoms with Crippen LogP contribution in [-0.2, 0) is 0 Å². The number of nitrogens with zero attached hydrogens (tertiary/aromatic N) is 1. The van der Waals surface area contributed by atoms with Crippen LogP contribution in [-0.4, -0.2) is 10.0 Å². The van der Waals surface area contributed by atoms with Gasteiger partial charge >= 0.3 is 5.69 Å². The number of nitro groups is 1. The number of rotatable bonds is 4. The van der Waals surface area contributed by atoms with E-state index in [-0.39, 0.29) is 10.8 Å². The van der Waals surface area contributed by atoms with Gasteiger partial charge in [-0.2, -0.15) is 0 Å². The molecule has 0 amide bonds. The van der Waals surface area contributed by atoms with Crippen LogP contribution >= 0.6 is 27.3 Å². The summed E-state index contributed by atoms with van der Waals surface area (Å²) in [6.45, 7) is 3.49. The third kappa shape index (κ3) is 3.17. The molecule has 0 fully saturated rings. The minimum absolute atomic E-state index is 0.140. The predicted octanol–water partition coefficient (Wildman–Crippen LogP) is 4.57. The lowest BCUT2D eigenvalue weighted by Gasteiger charge is -2.06. The summed E-state index contributed by atoms with van der Waals surface area (Å²) in [7, 11) is 0. The van der Waals surface area contributed by atoms with Gasteiger partial charge in [0.05, 0.1) is 15.5 Å². The minimum atomic E-state index is -0.766. The normalized spacial score (nSPS) is 12.2. The molecular formula is C13H12BrNO4S. The maximum atomic E-state index is 11.0. The van der Waals surface area contributed by atoms with Crippen LogP contribution < -0.4 is 4.74 Å². The molecule has 2 aromatic rings. The van der Waals surface area contributed by atoms with E-state index >= 15 is 0 Å². The first-order chi connectivity index (χ1) is 9.38. The average Bonchev–Trinajstić information content (AvgIpc) is 2.77. The van der Waals surface area contributed by atoms with Gasteiger partial charge in [0.1, 0.15) is 5.75 Å². The van der Waals surface area contributed by atoms with Gasteiger partial charge in [0, 0.05) is 10.9 Å². The lowest BCUT2D eigenvalue weighted by molar-refractivity contribution is -0.385. The molecule has 1 aromatic carbocycles. The highest BCUT2D eigenvalue weighted by atomic mass is 79.9. The Morgan fingerprint density at radius 1 is 1.45 bits per heavy atom. The molecule has 0 spiro atoms. The molecule has 1 heterocycles. The van der Waals surface area contributed by atoms with Crippen molar-refractivity contribution in [3.8, 4) is 10.8 Å². The minimum Gasteiger partial charge on any atom is -0.439 e. The van der Waals surface area contributed by atoms with E-state index in [4.69, 9.17) is 4.74 Å². The number of benzene rings is 1. The Bertz CT molecular complexity index is 654. The Kier molecular flexibility index (Phi) is 4.42. The number of aliphatic hydroxyl groups is 1. The molecule has 0 saturated heterocycles. The fourth-order valence-corrected chi connectivity index (χ4v) is 3.08. The van der Waals surface area contributed by atoms with E-state index in [0.717, 1.165) is 21.4 Å². The van der Waals surface area contributed by atoms with Gasteiger partial charge in [-0.1, -0.05) is 17.4 Å². The number of aliphatic hydroxyl groups excluding tert-OH is 1. The Balaban J connectivity index is 2.39. The van der Waals surface area contributed by atoms with Crippen LogP contribution in [0.3, 0.4) is 0 Å². The smallest absolute Gasteiger partial charge is 0.323 e. The lowest BCUT2D eigenvalue weighted by Crippen LogP contribution is -1.90. The van der Waals surface area contributed by atoms with E-state index in [1.165, 1.54) is 6.07 Å². The molecule has 7 heteroatoms. The van der Waals surface area contributed by atoms with Crippen molar-refractivity contribution in [1.29, 1.82) is 0 Å². The van der Waals surface area contributed by atoms with Crippen molar-refractivity contribution < 1.29 is 14.8 Å². The Morgan fingerprint density at radius 3 is 2.70 bits per heavy atom. The van der Waals surface area contributed by atoms with E-state index in [0.29, 0.717) is 10.6 Å². The fourth-order valence-electron chi connectivity index (χ4n) is 1.58. The highest BCUT2D eigenvalue weighted by molar-refractivity contribution is 9.10. The Hall–Kier alpha value is -1.44. The number of thiophene rings is 1. The quantitative estimate of drug-likeness (QED) is 0.642. The topological polar surface area (TPSA) is 72.6 Å². The largest absolute Gasteiger partial charge is 0.439 e. The molecule has 2 rings (SSSR count). The monoisotopic (exact) mass is 357 g/mol. The van der Waals surface area contributed by atoms with E-state index < -0.39 is 11.0 Å².